The SMILES string of the molecule is CSN1CC(=O)c2c(Nc3ccccc3)c(-c3ccncc3)n(C)c2C1. The highest BCUT2D eigenvalue weighted by atomic mass is 32.2. The second kappa shape index (κ2) is 6.97. The van der Waals surface area contributed by atoms with Crippen LogP contribution in [0.3, 0.4) is 0 Å². The molecule has 1 aliphatic heterocycles. The molecule has 0 aliphatic carbocycles. The highest BCUT2D eigenvalue weighted by Gasteiger charge is 2.32. The molecule has 26 heavy (non-hydrogen) atoms. The Morgan fingerprint density at radius 2 is 1.81 bits per heavy atom. The third-order valence-electron chi connectivity index (χ3n) is 4.70. The van der Waals surface area contributed by atoms with E-state index in [1.54, 1.807) is 24.3 Å². The van der Waals surface area contributed by atoms with E-state index < -0.39 is 0 Å². The Morgan fingerprint density at radius 3 is 2.50 bits per heavy atom. The Balaban J connectivity index is 1.91. The molecule has 0 radical (unpaired) electrons. The van der Waals surface area contributed by atoms with Crippen molar-refractivity contribution in [3.8, 4) is 11.3 Å². The van der Waals surface area contributed by atoms with Crippen LogP contribution in [0.15, 0.2) is 54.9 Å². The molecule has 1 N–H and O–H groups in total. The highest BCUT2D eigenvalue weighted by Crippen LogP contribution is 2.40. The number of rotatable bonds is 4. The number of anilines is 2. The molecule has 132 valence electrons. The summed E-state index contributed by atoms with van der Waals surface area (Å²) in [5.41, 5.74) is 5.74. The van der Waals surface area contributed by atoms with Crippen LogP contribution in [0.4, 0.5) is 11.4 Å². The minimum Gasteiger partial charge on any atom is -0.353 e. The van der Waals surface area contributed by atoms with Gasteiger partial charge in [0, 0.05) is 36.4 Å². The number of aromatic nitrogens is 2. The van der Waals surface area contributed by atoms with Gasteiger partial charge < -0.3 is 9.88 Å². The Morgan fingerprint density at radius 1 is 1.08 bits per heavy atom. The summed E-state index contributed by atoms with van der Waals surface area (Å²) >= 11 is 1.61. The summed E-state index contributed by atoms with van der Waals surface area (Å²) in [7, 11) is 2.03. The number of para-hydroxylation sites is 1. The van der Waals surface area contributed by atoms with Gasteiger partial charge in [0.2, 0.25) is 0 Å². The zero-order chi connectivity index (χ0) is 18.1. The average molecular weight is 364 g/mol. The first kappa shape index (κ1) is 16.9. The number of fused-ring (bicyclic) bond motifs is 1. The summed E-state index contributed by atoms with van der Waals surface area (Å²) in [4.78, 5) is 17.1. The molecule has 0 fully saturated rings. The lowest BCUT2D eigenvalue weighted by Crippen LogP contribution is -2.30. The van der Waals surface area contributed by atoms with E-state index in [9.17, 15) is 4.79 Å². The maximum absolute atomic E-state index is 12.9. The second-order valence-electron chi connectivity index (χ2n) is 6.24. The molecule has 3 heterocycles. The molecule has 0 saturated carbocycles. The third-order valence-corrected chi connectivity index (χ3v) is 5.47. The maximum atomic E-state index is 12.9. The van der Waals surface area contributed by atoms with Crippen molar-refractivity contribution in [2.45, 2.75) is 6.54 Å². The molecule has 4 rings (SSSR count). The smallest absolute Gasteiger partial charge is 0.181 e. The summed E-state index contributed by atoms with van der Waals surface area (Å²) in [5, 5.41) is 3.50. The maximum Gasteiger partial charge on any atom is 0.181 e. The van der Waals surface area contributed by atoms with E-state index in [0.29, 0.717) is 6.54 Å². The highest BCUT2D eigenvalue weighted by molar-refractivity contribution is 7.96. The van der Waals surface area contributed by atoms with Crippen LogP contribution in [0.25, 0.3) is 11.3 Å². The van der Waals surface area contributed by atoms with Gasteiger partial charge in [-0.15, -0.1) is 0 Å². The van der Waals surface area contributed by atoms with Crippen molar-refractivity contribution < 1.29 is 4.79 Å². The van der Waals surface area contributed by atoms with Crippen LogP contribution in [-0.4, -0.2) is 32.4 Å². The molecule has 3 aromatic rings. The fraction of sp³-hybridized carbons (Fsp3) is 0.200. The van der Waals surface area contributed by atoms with Gasteiger partial charge in [-0.3, -0.25) is 9.78 Å². The lowest BCUT2D eigenvalue weighted by molar-refractivity contribution is 0.0954. The number of ketones is 1. The van der Waals surface area contributed by atoms with Gasteiger partial charge in [-0.1, -0.05) is 30.1 Å². The number of pyridine rings is 1. The molecule has 0 atom stereocenters. The first-order chi connectivity index (χ1) is 12.7. The van der Waals surface area contributed by atoms with E-state index in [1.165, 1.54) is 0 Å². The normalized spacial score (nSPS) is 14.3. The van der Waals surface area contributed by atoms with E-state index in [4.69, 9.17) is 0 Å². The van der Waals surface area contributed by atoms with Crippen LogP contribution in [-0.2, 0) is 13.6 Å². The largest absolute Gasteiger partial charge is 0.353 e. The lowest BCUT2D eigenvalue weighted by atomic mass is 10.0. The molecule has 5 nitrogen and oxygen atoms in total. The summed E-state index contributed by atoms with van der Waals surface area (Å²) in [6, 6.07) is 13.9. The average Bonchev–Trinajstić information content (AvgIpc) is 2.95. The van der Waals surface area contributed by atoms with Crippen LogP contribution in [0, 0.1) is 0 Å². The summed E-state index contributed by atoms with van der Waals surface area (Å²) in [5.74, 6) is 0.148. The minimum absolute atomic E-state index is 0.148. The quantitative estimate of drug-likeness (QED) is 0.706. The topological polar surface area (TPSA) is 50.2 Å². The van der Waals surface area contributed by atoms with E-state index in [1.807, 2.05) is 55.8 Å². The molecule has 2 aromatic heterocycles. The summed E-state index contributed by atoms with van der Waals surface area (Å²) < 4.78 is 4.23. The van der Waals surface area contributed by atoms with E-state index in [-0.39, 0.29) is 5.78 Å². The number of carbonyl (C=O) groups is 1. The van der Waals surface area contributed by atoms with Crippen molar-refractivity contribution in [1.29, 1.82) is 0 Å². The van der Waals surface area contributed by atoms with Crippen molar-refractivity contribution in [2.24, 2.45) is 7.05 Å². The van der Waals surface area contributed by atoms with Crippen LogP contribution < -0.4 is 5.32 Å². The van der Waals surface area contributed by atoms with Crippen LogP contribution in [0.5, 0.6) is 0 Å². The molecule has 1 aliphatic rings. The lowest BCUT2D eigenvalue weighted by Gasteiger charge is -2.24. The third kappa shape index (κ3) is 2.91. The van der Waals surface area contributed by atoms with Crippen molar-refractivity contribution in [2.75, 3.05) is 18.1 Å². The van der Waals surface area contributed by atoms with E-state index in [0.717, 1.165) is 40.4 Å². The van der Waals surface area contributed by atoms with Gasteiger partial charge in [0.1, 0.15) is 0 Å². The Labute approximate surface area is 157 Å². The monoisotopic (exact) mass is 364 g/mol. The van der Waals surface area contributed by atoms with Crippen molar-refractivity contribution >= 4 is 29.1 Å². The number of hydrogen-bond acceptors (Lipinski definition) is 5. The number of nitrogens with zero attached hydrogens (tertiary/aromatic N) is 3. The molecule has 0 bridgehead atoms. The van der Waals surface area contributed by atoms with Crippen LogP contribution in [0.1, 0.15) is 16.1 Å². The van der Waals surface area contributed by atoms with Gasteiger partial charge in [-0.25, -0.2) is 4.31 Å². The molecule has 1 aromatic carbocycles. The summed E-state index contributed by atoms with van der Waals surface area (Å²) in [6.07, 6.45) is 5.57. The van der Waals surface area contributed by atoms with Gasteiger partial charge in [0.25, 0.3) is 0 Å². The molecule has 6 heteroatoms. The van der Waals surface area contributed by atoms with Gasteiger partial charge in [-0.2, -0.15) is 0 Å². The Kier molecular flexibility index (Phi) is 4.53. The zero-order valence-electron chi connectivity index (χ0n) is 14.8. The Bertz CT molecular complexity index is 937. The molecular formula is C20H20N4OS. The molecule has 0 spiro atoms. The number of Topliss-reactive ketones (excluding diaryl/α,β-unsaturated/α-hetero) is 1. The predicted molar refractivity (Wildman–Crippen MR) is 107 cm³/mol. The zero-order valence-corrected chi connectivity index (χ0v) is 15.6. The van der Waals surface area contributed by atoms with Crippen LogP contribution >= 0.6 is 11.9 Å². The van der Waals surface area contributed by atoms with Gasteiger partial charge >= 0.3 is 0 Å². The fourth-order valence-electron chi connectivity index (χ4n) is 3.45. The van der Waals surface area contributed by atoms with Crippen molar-refractivity contribution in [3.05, 3.63) is 66.1 Å². The van der Waals surface area contributed by atoms with E-state index in [2.05, 4.69) is 19.2 Å². The first-order valence-electron chi connectivity index (χ1n) is 8.45. The Hall–Kier alpha value is -2.57. The van der Waals surface area contributed by atoms with Gasteiger partial charge in [-0.05, 0) is 30.5 Å². The van der Waals surface area contributed by atoms with Gasteiger partial charge in [0.05, 0.1) is 30.0 Å². The van der Waals surface area contributed by atoms with E-state index >= 15 is 0 Å². The number of hydrogen-bond donors (Lipinski definition) is 1. The number of carbonyl (C=O) groups excluding carboxylic acids is 1. The first-order valence-corrected chi connectivity index (χ1v) is 9.63. The second-order valence-corrected chi connectivity index (χ2v) is 7.12. The van der Waals surface area contributed by atoms with Crippen molar-refractivity contribution in [3.63, 3.8) is 0 Å². The number of nitrogens with one attached hydrogen (secondary N) is 1. The minimum atomic E-state index is 0.148. The van der Waals surface area contributed by atoms with Crippen LogP contribution in [0.2, 0.25) is 0 Å². The molecule has 0 amide bonds. The number of benzene rings is 1. The molecular weight excluding hydrogens is 344 g/mol. The summed E-state index contributed by atoms with van der Waals surface area (Å²) in [6.45, 7) is 1.17. The fourth-order valence-corrected chi connectivity index (χ4v) is 3.94. The van der Waals surface area contributed by atoms with Gasteiger partial charge in [0.15, 0.2) is 5.78 Å². The van der Waals surface area contributed by atoms with Crippen molar-refractivity contribution in [1.82, 2.24) is 13.9 Å². The molecule has 0 saturated heterocycles. The standard InChI is InChI=1S/C20H20N4OS/c1-23-16-12-24(26-2)13-17(25)18(16)19(22-15-6-4-3-5-7-15)20(23)14-8-10-21-11-9-14/h3-11,22H,12-13H2,1-2H3. The predicted octanol–water partition coefficient (Wildman–Crippen LogP) is 4.11. The molecule has 0 unspecified atom stereocenters.